The summed E-state index contributed by atoms with van der Waals surface area (Å²) < 4.78 is 2.20. The van der Waals surface area contributed by atoms with E-state index in [4.69, 9.17) is 11.6 Å². The molecule has 1 saturated carbocycles. The van der Waals surface area contributed by atoms with Gasteiger partial charge in [-0.1, -0.05) is 42.6 Å². The van der Waals surface area contributed by atoms with Gasteiger partial charge in [-0.3, -0.25) is 14.3 Å². The van der Waals surface area contributed by atoms with Gasteiger partial charge in [-0.15, -0.1) is 10.2 Å². The highest BCUT2D eigenvalue weighted by Gasteiger charge is 2.24. The Kier molecular flexibility index (Phi) is 7.32. The fraction of sp³-hybridized carbons (Fsp3) is 0.318. The molecule has 0 radical (unpaired) electrons. The number of nitrogens with one attached hydrogen (secondary N) is 1. The molecule has 0 bridgehead atoms. The van der Waals surface area contributed by atoms with Gasteiger partial charge >= 0.3 is 0 Å². The lowest BCUT2D eigenvalue weighted by molar-refractivity contribution is -0.118. The lowest BCUT2D eigenvalue weighted by Gasteiger charge is -2.25. The zero-order chi connectivity index (χ0) is 21.5. The number of carbonyl (C=O) groups is 1. The van der Waals surface area contributed by atoms with Crippen LogP contribution in [-0.4, -0.2) is 37.6 Å². The van der Waals surface area contributed by atoms with Crippen LogP contribution >= 0.6 is 23.4 Å². The fourth-order valence-corrected chi connectivity index (χ4v) is 4.55. The van der Waals surface area contributed by atoms with Gasteiger partial charge in [0.1, 0.15) is 0 Å². The standard InChI is InChI=1S/C22H23ClN6OS/c23-18-8-6-17(7-9-18)21-27-28-22(29(21)19-4-2-1-3-5-19)31-15-20(30)26-25-14-16-10-12-24-13-11-16/h6-14,19H,1-5,15H2,(H,26,30). The Hall–Kier alpha value is -2.71. The van der Waals surface area contributed by atoms with E-state index in [2.05, 4.69) is 30.3 Å². The quantitative estimate of drug-likeness (QED) is 0.316. The summed E-state index contributed by atoms with van der Waals surface area (Å²) in [5.41, 5.74) is 4.40. The largest absolute Gasteiger partial charge is 0.299 e. The maximum Gasteiger partial charge on any atom is 0.250 e. The van der Waals surface area contributed by atoms with Crippen molar-refractivity contribution in [3.8, 4) is 11.4 Å². The Morgan fingerprint density at radius 1 is 1.13 bits per heavy atom. The van der Waals surface area contributed by atoms with Crippen LogP contribution in [0.1, 0.15) is 43.7 Å². The van der Waals surface area contributed by atoms with Crippen LogP contribution in [0.2, 0.25) is 5.02 Å². The predicted molar refractivity (Wildman–Crippen MR) is 123 cm³/mol. The average molecular weight is 455 g/mol. The molecule has 4 rings (SSSR count). The van der Waals surface area contributed by atoms with Crippen LogP contribution in [-0.2, 0) is 4.79 Å². The maximum atomic E-state index is 12.3. The second kappa shape index (κ2) is 10.5. The summed E-state index contributed by atoms with van der Waals surface area (Å²) in [5.74, 6) is 0.836. The molecule has 7 nitrogen and oxygen atoms in total. The lowest BCUT2D eigenvalue weighted by atomic mass is 9.95. The number of rotatable bonds is 7. The number of hydrazone groups is 1. The Labute approximate surface area is 190 Å². The zero-order valence-electron chi connectivity index (χ0n) is 16.9. The van der Waals surface area contributed by atoms with Crippen molar-refractivity contribution in [3.05, 3.63) is 59.4 Å². The van der Waals surface area contributed by atoms with Crippen molar-refractivity contribution in [2.75, 3.05) is 5.75 Å². The number of pyridine rings is 1. The number of benzene rings is 1. The summed E-state index contributed by atoms with van der Waals surface area (Å²) in [7, 11) is 0. The molecule has 31 heavy (non-hydrogen) atoms. The van der Waals surface area contributed by atoms with Gasteiger partial charge in [0, 0.05) is 29.0 Å². The molecule has 0 spiro atoms. The van der Waals surface area contributed by atoms with E-state index in [1.165, 1.54) is 31.0 Å². The molecule has 1 fully saturated rings. The van der Waals surface area contributed by atoms with E-state index in [1.54, 1.807) is 18.6 Å². The van der Waals surface area contributed by atoms with Gasteiger partial charge in [0.05, 0.1) is 12.0 Å². The van der Waals surface area contributed by atoms with Crippen molar-refractivity contribution in [2.24, 2.45) is 5.10 Å². The second-order valence-corrected chi connectivity index (χ2v) is 8.72. The molecule has 0 atom stereocenters. The molecule has 9 heteroatoms. The van der Waals surface area contributed by atoms with Gasteiger partial charge in [-0.2, -0.15) is 5.10 Å². The third kappa shape index (κ3) is 5.71. The predicted octanol–water partition coefficient (Wildman–Crippen LogP) is 4.74. The van der Waals surface area contributed by atoms with Crippen LogP contribution in [0.25, 0.3) is 11.4 Å². The first-order valence-electron chi connectivity index (χ1n) is 10.3. The highest BCUT2D eigenvalue weighted by Crippen LogP contribution is 2.35. The smallest absolute Gasteiger partial charge is 0.250 e. The number of carbonyl (C=O) groups excluding carboxylic acids is 1. The maximum absolute atomic E-state index is 12.3. The van der Waals surface area contributed by atoms with Gasteiger partial charge in [0.25, 0.3) is 5.91 Å². The highest BCUT2D eigenvalue weighted by atomic mass is 35.5. The van der Waals surface area contributed by atoms with E-state index < -0.39 is 0 Å². The number of nitrogens with zero attached hydrogens (tertiary/aromatic N) is 5. The Morgan fingerprint density at radius 3 is 2.61 bits per heavy atom. The van der Waals surface area contributed by atoms with Crippen LogP contribution in [0.3, 0.4) is 0 Å². The summed E-state index contributed by atoms with van der Waals surface area (Å²) in [6, 6.07) is 11.6. The minimum absolute atomic E-state index is 0.193. The molecular formula is C22H23ClN6OS. The Morgan fingerprint density at radius 2 is 1.87 bits per heavy atom. The van der Waals surface area contributed by atoms with Crippen molar-refractivity contribution >= 4 is 35.5 Å². The first kappa shape index (κ1) is 21.5. The number of amides is 1. The third-order valence-corrected chi connectivity index (χ3v) is 6.34. The van der Waals surface area contributed by atoms with E-state index in [1.807, 2.05) is 36.4 Å². The van der Waals surface area contributed by atoms with Gasteiger partial charge in [-0.25, -0.2) is 5.43 Å². The van der Waals surface area contributed by atoms with Crippen molar-refractivity contribution in [1.29, 1.82) is 0 Å². The molecule has 0 aliphatic heterocycles. The molecule has 1 aromatic carbocycles. The van der Waals surface area contributed by atoms with Crippen molar-refractivity contribution < 1.29 is 4.79 Å². The first-order chi connectivity index (χ1) is 15.2. The number of hydrogen-bond donors (Lipinski definition) is 1. The minimum atomic E-state index is -0.193. The highest BCUT2D eigenvalue weighted by molar-refractivity contribution is 7.99. The van der Waals surface area contributed by atoms with Crippen LogP contribution in [0.15, 0.2) is 59.0 Å². The average Bonchev–Trinajstić information content (AvgIpc) is 3.23. The zero-order valence-corrected chi connectivity index (χ0v) is 18.5. The van der Waals surface area contributed by atoms with Crippen LogP contribution in [0.4, 0.5) is 0 Å². The molecule has 3 aromatic rings. The molecule has 2 heterocycles. The molecule has 1 aliphatic rings. The number of thioether (sulfide) groups is 1. The van der Waals surface area contributed by atoms with Gasteiger partial charge in [0.2, 0.25) is 0 Å². The third-order valence-electron chi connectivity index (χ3n) is 5.15. The van der Waals surface area contributed by atoms with E-state index in [0.29, 0.717) is 11.1 Å². The Balaban J connectivity index is 1.46. The van der Waals surface area contributed by atoms with Gasteiger partial charge in [0.15, 0.2) is 11.0 Å². The topological polar surface area (TPSA) is 85.1 Å². The van der Waals surface area contributed by atoms with Crippen molar-refractivity contribution in [2.45, 2.75) is 43.3 Å². The summed E-state index contributed by atoms with van der Waals surface area (Å²) in [6.45, 7) is 0. The number of hydrogen-bond acceptors (Lipinski definition) is 6. The van der Waals surface area contributed by atoms with E-state index in [0.717, 1.165) is 34.9 Å². The molecule has 0 unspecified atom stereocenters. The molecule has 160 valence electrons. The monoisotopic (exact) mass is 454 g/mol. The summed E-state index contributed by atoms with van der Waals surface area (Å²) in [6.07, 6.45) is 10.8. The van der Waals surface area contributed by atoms with Crippen LogP contribution < -0.4 is 5.43 Å². The SMILES string of the molecule is O=C(CSc1nnc(-c2ccc(Cl)cc2)n1C1CCCCC1)NN=Cc1ccncc1. The van der Waals surface area contributed by atoms with Crippen molar-refractivity contribution in [3.63, 3.8) is 0 Å². The molecular weight excluding hydrogens is 432 g/mol. The summed E-state index contributed by atoms with van der Waals surface area (Å²) in [4.78, 5) is 16.2. The van der Waals surface area contributed by atoms with E-state index in [-0.39, 0.29) is 11.7 Å². The summed E-state index contributed by atoms with van der Waals surface area (Å²) in [5, 5.41) is 14.3. The first-order valence-corrected chi connectivity index (χ1v) is 11.6. The Bertz CT molecular complexity index is 1030. The minimum Gasteiger partial charge on any atom is -0.299 e. The number of halogens is 1. The van der Waals surface area contributed by atoms with Gasteiger partial charge < -0.3 is 0 Å². The number of aromatic nitrogens is 4. The molecule has 0 saturated heterocycles. The van der Waals surface area contributed by atoms with Crippen LogP contribution in [0, 0.1) is 0 Å². The second-order valence-electron chi connectivity index (χ2n) is 7.34. The fourth-order valence-electron chi connectivity index (χ4n) is 3.63. The van der Waals surface area contributed by atoms with Crippen LogP contribution in [0.5, 0.6) is 0 Å². The van der Waals surface area contributed by atoms with Crippen molar-refractivity contribution in [1.82, 2.24) is 25.2 Å². The van der Waals surface area contributed by atoms with E-state index >= 15 is 0 Å². The molecule has 1 amide bonds. The molecule has 2 aromatic heterocycles. The lowest BCUT2D eigenvalue weighted by Crippen LogP contribution is -2.20. The molecule has 1 aliphatic carbocycles. The van der Waals surface area contributed by atoms with Gasteiger partial charge in [-0.05, 0) is 54.8 Å². The summed E-state index contributed by atoms with van der Waals surface area (Å²) >= 11 is 7.43. The molecule has 1 N–H and O–H groups in total. The van der Waals surface area contributed by atoms with E-state index in [9.17, 15) is 4.79 Å². The normalized spacial score (nSPS) is 14.7.